The van der Waals surface area contributed by atoms with Crippen molar-refractivity contribution in [2.24, 2.45) is 5.41 Å². The zero-order valence-electron chi connectivity index (χ0n) is 12.7. The van der Waals surface area contributed by atoms with Crippen molar-refractivity contribution in [3.63, 3.8) is 0 Å². The van der Waals surface area contributed by atoms with Gasteiger partial charge in [0.2, 0.25) is 0 Å². The van der Waals surface area contributed by atoms with E-state index in [1.807, 2.05) is 0 Å². The Hall–Kier alpha value is -0.0800. The molecule has 1 saturated heterocycles. The van der Waals surface area contributed by atoms with Crippen molar-refractivity contribution in [2.75, 3.05) is 19.6 Å². The lowest BCUT2D eigenvalue weighted by molar-refractivity contribution is 0.0594. The van der Waals surface area contributed by atoms with E-state index in [1.165, 1.54) is 58.0 Å². The Morgan fingerprint density at radius 1 is 1.17 bits per heavy atom. The molecule has 106 valence electrons. The van der Waals surface area contributed by atoms with Gasteiger partial charge in [-0.25, -0.2) is 0 Å². The molecule has 0 aromatic rings. The molecule has 2 fully saturated rings. The molecular weight excluding hydrogens is 220 g/mol. The Morgan fingerprint density at radius 2 is 1.89 bits per heavy atom. The largest absolute Gasteiger partial charge is 0.314 e. The van der Waals surface area contributed by atoms with Crippen LogP contribution in [0.15, 0.2) is 0 Å². The highest BCUT2D eigenvalue weighted by molar-refractivity contribution is 4.88. The fourth-order valence-electron chi connectivity index (χ4n) is 3.75. The van der Waals surface area contributed by atoms with Crippen molar-refractivity contribution >= 4 is 0 Å². The van der Waals surface area contributed by atoms with E-state index in [1.54, 1.807) is 0 Å². The fourth-order valence-corrected chi connectivity index (χ4v) is 3.75. The predicted molar refractivity (Wildman–Crippen MR) is 78.9 cm³/mol. The Morgan fingerprint density at radius 3 is 2.50 bits per heavy atom. The third-order valence-corrected chi connectivity index (χ3v) is 5.51. The molecule has 1 saturated carbocycles. The van der Waals surface area contributed by atoms with E-state index in [4.69, 9.17) is 0 Å². The van der Waals surface area contributed by atoms with E-state index in [9.17, 15) is 0 Å². The minimum Gasteiger partial charge on any atom is -0.314 e. The van der Waals surface area contributed by atoms with Crippen molar-refractivity contribution < 1.29 is 0 Å². The van der Waals surface area contributed by atoms with Gasteiger partial charge >= 0.3 is 0 Å². The number of piperidine rings is 1. The summed E-state index contributed by atoms with van der Waals surface area (Å²) in [4.78, 5) is 2.79. The number of hydrogen-bond acceptors (Lipinski definition) is 2. The molecule has 1 aliphatic carbocycles. The number of hydrogen-bond donors (Lipinski definition) is 1. The van der Waals surface area contributed by atoms with Crippen LogP contribution in [0.1, 0.15) is 65.7 Å². The second-order valence-corrected chi connectivity index (χ2v) is 6.78. The zero-order valence-corrected chi connectivity index (χ0v) is 12.7. The Balaban J connectivity index is 1.82. The third kappa shape index (κ3) is 3.48. The van der Waals surface area contributed by atoms with E-state index in [0.29, 0.717) is 5.41 Å². The summed E-state index contributed by atoms with van der Waals surface area (Å²) in [5.41, 5.74) is 0.631. The number of nitrogens with one attached hydrogen (secondary N) is 1. The monoisotopic (exact) mass is 252 g/mol. The Labute approximate surface area is 114 Å². The van der Waals surface area contributed by atoms with Crippen molar-refractivity contribution in [2.45, 2.75) is 77.8 Å². The molecule has 2 nitrogen and oxygen atoms in total. The summed E-state index contributed by atoms with van der Waals surface area (Å²) in [7, 11) is 0. The highest BCUT2D eigenvalue weighted by Crippen LogP contribution is 2.36. The maximum atomic E-state index is 3.65. The zero-order chi connectivity index (χ0) is 13.0. The summed E-state index contributed by atoms with van der Waals surface area (Å²) < 4.78 is 0. The lowest BCUT2D eigenvalue weighted by Crippen LogP contribution is -2.48. The maximum Gasteiger partial charge on any atom is 0.0110 e. The van der Waals surface area contributed by atoms with Crippen LogP contribution in [0.2, 0.25) is 0 Å². The van der Waals surface area contributed by atoms with Gasteiger partial charge in [-0.05, 0) is 57.2 Å². The van der Waals surface area contributed by atoms with Crippen LogP contribution in [0.4, 0.5) is 0 Å². The molecule has 18 heavy (non-hydrogen) atoms. The third-order valence-electron chi connectivity index (χ3n) is 5.51. The molecule has 1 N–H and O–H groups in total. The predicted octanol–water partition coefficient (Wildman–Crippen LogP) is 3.42. The van der Waals surface area contributed by atoms with Crippen molar-refractivity contribution in [1.29, 1.82) is 0 Å². The van der Waals surface area contributed by atoms with Gasteiger partial charge in [-0.15, -0.1) is 0 Å². The van der Waals surface area contributed by atoms with Crippen molar-refractivity contribution in [3.8, 4) is 0 Å². The molecule has 2 rings (SSSR count). The van der Waals surface area contributed by atoms with E-state index >= 15 is 0 Å². The molecule has 0 spiro atoms. The molecule has 2 aliphatic rings. The Bertz CT molecular complexity index is 241. The first-order chi connectivity index (χ1) is 8.67. The molecule has 0 amide bonds. The second-order valence-electron chi connectivity index (χ2n) is 6.78. The summed E-state index contributed by atoms with van der Waals surface area (Å²) in [5, 5.41) is 3.65. The summed E-state index contributed by atoms with van der Waals surface area (Å²) in [6.07, 6.45) is 9.80. The average Bonchev–Trinajstić information content (AvgIpc) is 2.40. The molecule has 2 atom stereocenters. The molecule has 1 aliphatic heterocycles. The minimum absolute atomic E-state index is 0.631. The summed E-state index contributed by atoms with van der Waals surface area (Å²) in [6, 6.07) is 1.65. The summed E-state index contributed by atoms with van der Waals surface area (Å²) in [5.74, 6) is 0. The van der Waals surface area contributed by atoms with E-state index in [0.717, 1.165) is 18.6 Å². The summed E-state index contributed by atoms with van der Waals surface area (Å²) in [6.45, 7) is 10.9. The van der Waals surface area contributed by atoms with Gasteiger partial charge in [-0.2, -0.15) is 0 Å². The van der Waals surface area contributed by atoms with Crippen LogP contribution in [-0.4, -0.2) is 36.6 Å². The van der Waals surface area contributed by atoms with Gasteiger partial charge in [-0.1, -0.05) is 33.6 Å². The first kappa shape index (κ1) is 14.3. The second kappa shape index (κ2) is 6.38. The highest BCUT2D eigenvalue weighted by Gasteiger charge is 2.33. The standard InChI is InChI=1S/C16H32N2/c1-4-16(3)9-11-18(12-10-16)15-8-6-7-14(13-15)17-5-2/h14-15,17H,4-13H2,1-3H3. The maximum absolute atomic E-state index is 3.65. The van der Waals surface area contributed by atoms with Crippen LogP contribution < -0.4 is 5.32 Å². The molecule has 2 unspecified atom stereocenters. The van der Waals surface area contributed by atoms with Crippen LogP contribution >= 0.6 is 0 Å². The molecule has 1 heterocycles. The van der Waals surface area contributed by atoms with Gasteiger partial charge in [0, 0.05) is 12.1 Å². The Kier molecular flexibility index (Phi) is 5.08. The molecule has 0 radical (unpaired) electrons. The average molecular weight is 252 g/mol. The van der Waals surface area contributed by atoms with E-state index in [-0.39, 0.29) is 0 Å². The highest BCUT2D eigenvalue weighted by atomic mass is 15.2. The quantitative estimate of drug-likeness (QED) is 0.825. The van der Waals surface area contributed by atoms with E-state index < -0.39 is 0 Å². The van der Waals surface area contributed by atoms with Crippen molar-refractivity contribution in [3.05, 3.63) is 0 Å². The lowest BCUT2D eigenvalue weighted by Gasteiger charge is -2.44. The van der Waals surface area contributed by atoms with Gasteiger partial charge in [0.1, 0.15) is 0 Å². The molecule has 0 aromatic carbocycles. The van der Waals surface area contributed by atoms with Crippen LogP contribution in [0.25, 0.3) is 0 Å². The van der Waals surface area contributed by atoms with Crippen LogP contribution in [-0.2, 0) is 0 Å². The summed E-state index contributed by atoms with van der Waals surface area (Å²) >= 11 is 0. The van der Waals surface area contributed by atoms with E-state index in [2.05, 4.69) is 31.0 Å². The fraction of sp³-hybridized carbons (Fsp3) is 1.00. The van der Waals surface area contributed by atoms with Crippen LogP contribution in [0.3, 0.4) is 0 Å². The normalized spacial score (nSPS) is 33.5. The van der Waals surface area contributed by atoms with Gasteiger partial charge < -0.3 is 10.2 Å². The topological polar surface area (TPSA) is 15.3 Å². The van der Waals surface area contributed by atoms with Gasteiger partial charge in [0.05, 0.1) is 0 Å². The van der Waals surface area contributed by atoms with Gasteiger partial charge in [-0.3, -0.25) is 0 Å². The van der Waals surface area contributed by atoms with Gasteiger partial charge in [0.15, 0.2) is 0 Å². The molecule has 0 bridgehead atoms. The lowest BCUT2D eigenvalue weighted by atomic mass is 9.77. The van der Waals surface area contributed by atoms with Gasteiger partial charge in [0.25, 0.3) is 0 Å². The van der Waals surface area contributed by atoms with Crippen LogP contribution in [0.5, 0.6) is 0 Å². The number of nitrogens with zero attached hydrogens (tertiary/aromatic N) is 1. The molecule has 0 aromatic heterocycles. The number of rotatable bonds is 4. The van der Waals surface area contributed by atoms with Crippen LogP contribution in [0, 0.1) is 5.41 Å². The SMILES string of the molecule is CCNC1CCCC(N2CCC(C)(CC)CC2)C1. The number of likely N-dealkylation sites (tertiary alicyclic amines) is 1. The first-order valence-electron chi connectivity index (χ1n) is 8.14. The molecular formula is C16H32N2. The van der Waals surface area contributed by atoms with Crippen molar-refractivity contribution in [1.82, 2.24) is 10.2 Å². The molecule has 2 heteroatoms. The smallest absolute Gasteiger partial charge is 0.0110 e. The first-order valence-corrected chi connectivity index (χ1v) is 8.14. The minimum atomic E-state index is 0.631.